The maximum absolute atomic E-state index is 12.8. The van der Waals surface area contributed by atoms with Crippen molar-refractivity contribution in [3.63, 3.8) is 0 Å². The highest BCUT2D eigenvalue weighted by atomic mass is 32.1. The van der Waals surface area contributed by atoms with Gasteiger partial charge in [-0.25, -0.2) is 0 Å². The minimum Gasteiger partial charge on any atom is -0.343 e. The smallest absolute Gasteiger partial charge is 0.253 e. The van der Waals surface area contributed by atoms with Gasteiger partial charge in [-0.2, -0.15) is 0 Å². The molecule has 2 N–H and O–H groups in total. The summed E-state index contributed by atoms with van der Waals surface area (Å²) in [5.74, 6) is 0. The van der Waals surface area contributed by atoms with Crippen LogP contribution < -0.4 is 10.9 Å². The van der Waals surface area contributed by atoms with Crippen molar-refractivity contribution in [3.05, 3.63) is 75.1 Å². The molecule has 3 rings (SSSR count). The molecule has 0 atom stereocenters. The molecule has 5 nitrogen and oxygen atoms in total. The standard InChI is InChI=1S/C26H34N4OS/c1-6-29(7-2)12-13-30(26(32)28-23-11-9-18(3)14-20(23)5)17-22-16-21-10-8-19(4)15-24(21)27-25(22)31/h8-11,14-16H,6-7,12-13,17H2,1-5H3,(H,27,31)(H,28,32). The van der Waals surface area contributed by atoms with Crippen LogP contribution in [0.3, 0.4) is 0 Å². The number of pyridine rings is 1. The molecule has 0 saturated heterocycles. The fraction of sp³-hybridized carbons (Fsp3) is 0.385. The monoisotopic (exact) mass is 450 g/mol. The molecule has 6 heteroatoms. The number of hydrogen-bond acceptors (Lipinski definition) is 3. The van der Waals surface area contributed by atoms with Gasteiger partial charge in [0.15, 0.2) is 5.11 Å². The third-order valence-corrected chi connectivity index (χ3v) is 6.29. The first-order valence-electron chi connectivity index (χ1n) is 11.3. The van der Waals surface area contributed by atoms with Crippen LogP contribution in [0.15, 0.2) is 47.3 Å². The minimum atomic E-state index is -0.0646. The highest BCUT2D eigenvalue weighted by Gasteiger charge is 2.15. The molecule has 3 aromatic rings. The quantitative estimate of drug-likeness (QED) is 0.473. The van der Waals surface area contributed by atoms with Gasteiger partial charge in [0.2, 0.25) is 0 Å². The van der Waals surface area contributed by atoms with Gasteiger partial charge in [0.1, 0.15) is 0 Å². The van der Waals surface area contributed by atoms with E-state index in [4.69, 9.17) is 12.2 Å². The molecule has 32 heavy (non-hydrogen) atoms. The maximum Gasteiger partial charge on any atom is 0.253 e. The molecule has 2 aromatic carbocycles. The average Bonchev–Trinajstić information content (AvgIpc) is 2.75. The van der Waals surface area contributed by atoms with E-state index in [1.54, 1.807) is 0 Å². The topological polar surface area (TPSA) is 51.4 Å². The van der Waals surface area contributed by atoms with Crippen molar-refractivity contribution in [2.24, 2.45) is 0 Å². The maximum atomic E-state index is 12.8. The molecule has 1 heterocycles. The number of fused-ring (bicyclic) bond motifs is 1. The van der Waals surface area contributed by atoms with Crippen LogP contribution in [0, 0.1) is 20.8 Å². The molecular formula is C26H34N4OS. The molecule has 0 amide bonds. The third-order valence-electron chi connectivity index (χ3n) is 5.93. The number of hydrogen-bond donors (Lipinski definition) is 2. The lowest BCUT2D eigenvalue weighted by atomic mass is 10.1. The molecule has 170 valence electrons. The van der Waals surface area contributed by atoms with Crippen LogP contribution in [0.1, 0.15) is 36.1 Å². The van der Waals surface area contributed by atoms with Crippen molar-refractivity contribution >= 4 is 33.9 Å². The summed E-state index contributed by atoms with van der Waals surface area (Å²) < 4.78 is 0. The first-order valence-corrected chi connectivity index (χ1v) is 11.7. The van der Waals surface area contributed by atoms with Gasteiger partial charge in [0, 0.05) is 29.9 Å². The number of likely N-dealkylation sites (N-methyl/N-ethyl adjacent to an activating group) is 1. The molecule has 0 unspecified atom stereocenters. The van der Waals surface area contributed by atoms with Gasteiger partial charge < -0.3 is 20.1 Å². The Morgan fingerprint density at radius 2 is 1.66 bits per heavy atom. The number of aromatic nitrogens is 1. The predicted octanol–water partition coefficient (Wildman–Crippen LogP) is 4.99. The summed E-state index contributed by atoms with van der Waals surface area (Å²) >= 11 is 5.81. The zero-order valence-electron chi connectivity index (χ0n) is 19.8. The van der Waals surface area contributed by atoms with Crippen LogP contribution in [0.2, 0.25) is 0 Å². The number of H-pyrrole nitrogens is 1. The molecule has 0 aliphatic carbocycles. The van der Waals surface area contributed by atoms with E-state index in [0.29, 0.717) is 17.2 Å². The van der Waals surface area contributed by atoms with E-state index >= 15 is 0 Å². The summed E-state index contributed by atoms with van der Waals surface area (Å²) in [6, 6.07) is 14.4. The van der Waals surface area contributed by atoms with Crippen LogP contribution in [-0.4, -0.2) is 46.1 Å². The van der Waals surface area contributed by atoms with Gasteiger partial charge in [-0.1, -0.05) is 43.7 Å². The zero-order valence-corrected chi connectivity index (χ0v) is 20.6. The third kappa shape index (κ3) is 5.96. The first-order chi connectivity index (χ1) is 15.3. The molecule has 0 bridgehead atoms. The number of nitrogens with zero attached hydrogens (tertiary/aromatic N) is 2. The Hall–Kier alpha value is -2.70. The Labute approximate surface area is 196 Å². The van der Waals surface area contributed by atoms with Crippen LogP contribution >= 0.6 is 12.2 Å². The second-order valence-electron chi connectivity index (χ2n) is 8.41. The van der Waals surface area contributed by atoms with E-state index in [2.05, 4.69) is 78.1 Å². The van der Waals surface area contributed by atoms with Gasteiger partial charge in [0.25, 0.3) is 5.56 Å². The van der Waals surface area contributed by atoms with E-state index in [0.717, 1.165) is 53.9 Å². The van der Waals surface area contributed by atoms with Crippen molar-refractivity contribution < 1.29 is 0 Å². The van der Waals surface area contributed by atoms with Crippen molar-refractivity contribution in [3.8, 4) is 0 Å². The fourth-order valence-electron chi connectivity index (χ4n) is 3.89. The Bertz CT molecular complexity index is 1150. The largest absolute Gasteiger partial charge is 0.343 e. The Kier molecular flexibility index (Phi) is 8.04. The summed E-state index contributed by atoms with van der Waals surface area (Å²) in [5.41, 5.74) is 6.00. The van der Waals surface area contributed by atoms with E-state index < -0.39 is 0 Å². The molecule has 0 radical (unpaired) electrons. The number of rotatable bonds is 8. The highest BCUT2D eigenvalue weighted by molar-refractivity contribution is 7.80. The Balaban J connectivity index is 1.87. The fourth-order valence-corrected chi connectivity index (χ4v) is 4.15. The van der Waals surface area contributed by atoms with E-state index in [9.17, 15) is 4.79 Å². The lowest BCUT2D eigenvalue weighted by Crippen LogP contribution is -2.41. The second-order valence-corrected chi connectivity index (χ2v) is 8.80. The van der Waals surface area contributed by atoms with E-state index in [1.807, 2.05) is 19.1 Å². The van der Waals surface area contributed by atoms with Gasteiger partial charge in [-0.05, 0) is 80.8 Å². The molecule has 0 spiro atoms. The van der Waals surface area contributed by atoms with Gasteiger partial charge in [-0.3, -0.25) is 4.79 Å². The zero-order chi connectivity index (χ0) is 23.3. The SMILES string of the molecule is CCN(CC)CCN(Cc1cc2ccc(C)cc2[nH]c1=O)C(=S)Nc1ccc(C)cc1C. The van der Waals surface area contributed by atoms with Gasteiger partial charge in [-0.15, -0.1) is 0 Å². The minimum absolute atomic E-state index is 0.0646. The lowest BCUT2D eigenvalue weighted by Gasteiger charge is -2.29. The van der Waals surface area contributed by atoms with Gasteiger partial charge >= 0.3 is 0 Å². The number of anilines is 1. The van der Waals surface area contributed by atoms with E-state index in [-0.39, 0.29) is 5.56 Å². The number of thiocarbonyl (C=S) groups is 1. The number of aromatic amines is 1. The second kappa shape index (κ2) is 10.7. The van der Waals surface area contributed by atoms with Crippen LogP contribution in [0.4, 0.5) is 5.69 Å². The normalized spacial score (nSPS) is 11.2. The average molecular weight is 451 g/mol. The number of aryl methyl sites for hydroxylation is 3. The summed E-state index contributed by atoms with van der Waals surface area (Å²) in [7, 11) is 0. The predicted molar refractivity (Wildman–Crippen MR) is 140 cm³/mol. The van der Waals surface area contributed by atoms with Crippen molar-refractivity contribution in [2.45, 2.75) is 41.2 Å². The Morgan fingerprint density at radius 1 is 0.969 bits per heavy atom. The van der Waals surface area contributed by atoms with E-state index in [1.165, 1.54) is 5.56 Å². The number of nitrogens with one attached hydrogen (secondary N) is 2. The van der Waals surface area contributed by atoms with Crippen LogP contribution in [0.5, 0.6) is 0 Å². The molecular weight excluding hydrogens is 416 g/mol. The number of benzene rings is 2. The molecule has 0 aliphatic heterocycles. The summed E-state index contributed by atoms with van der Waals surface area (Å²) in [5, 5.41) is 5.07. The first kappa shape index (κ1) is 24.0. The highest BCUT2D eigenvalue weighted by Crippen LogP contribution is 2.18. The molecule has 0 aliphatic rings. The lowest BCUT2D eigenvalue weighted by molar-refractivity contribution is 0.266. The Morgan fingerprint density at radius 3 is 2.34 bits per heavy atom. The van der Waals surface area contributed by atoms with Gasteiger partial charge in [0.05, 0.1) is 6.54 Å². The summed E-state index contributed by atoms with van der Waals surface area (Å²) in [4.78, 5) is 20.3. The van der Waals surface area contributed by atoms with Crippen molar-refractivity contribution in [1.82, 2.24) is 14.8 Å². The summed E-state index contributed by atoms with van der Waals surface area (Å²) in [6.45, 7) is 14.6. The van der Waals surface area contributed by atoms with Crippen molar-refractivity contribution in [2.75, 3.05) is 31.5 Å². The summed E-state index contributed by atoms with van der Waals surface area (Å²) in [6.07, 6.45) is 0. The molecule has 1 aromatic heterocycles. The van der Waals surface area contributed by atoms with Crippen molar-refractivity contribution in [1.29, 1.82) is 0 Å². The van der Waals surface area contributed by atoms with Crippen LogP contribution in [-0.2, 0) is 6.54 Å². The van der Waals surface area contributed by atoms with Crippen LogP contribution in [0.25, 0.3) is 10.9 Å². The molecule has 0 fully saturated rings. The molecule has 0 saturated carbocycles.